The van der Waals surface area contributed by atoms with Crippen LogP contribution in [0.15, 0.2) is 12.1 Å². The van der Waals surface area contributed by atoms with Crippen LogP contribution >= 0.6 is 0 Å². The molecule has 1 aromatic heterocycles. The normalized spacial score (nSPS) is 23.0. The Labute approximate surface area is 121 Å². The first-order valence-corrected chi connectivity index (χ1v) is 6.98. The Balaban J connectivity index is 1.94. The van der Waals surface area contributed by atoms with Gasteiger partial charge in [0.05, 0.1) is 13.0 Å². The number of rotatable bonds is 4. The molecule has 0 bridgehead atoms. The van der Waals surface area contributed by atoms with Crippen LogP contribution in [-0.2, 0) is 11.3 Å². The summed E-state index contributed by atoms with van der Waals surface area (Å²) < 4.78 is 43.5. The molecule has 1 heterocycles. The molecule has 0 amide bonds. The minimum absolute atomic E-state index is 0.180. The van der Waals surface area contributed by atoms with Gasteiger partial charge < -0.3 is 15.0 Å². The second-order valence-electron chi connectivity index (χ2n) is 5.31. The van der Waals surface area contributed by atoms with Crippen molar-refractivity contribution < 1.29 is 22.7 Å². The third-order valence-electron chi connectivity index (χ3n) is 3.89. The molecule has 0 aliphatic heterocycles. The van der Waals surface area contributed by atoms with E-state index in [4.69, 9.17) is 0 Å². The van der Waals surface area contributed by atoms with Crippen molar-refractivity contribution in [2.45, 2.75) is 44.4 Å². The van der Waals surface area contributed by atoms with Crippen LogP contribution in [0.2, 0.25) is 0 Å². The van der Waals surface area contributed by atoms with Crippen molar-refractivity contribution in [3.63, 3.8) is 0 Å². The summed E-state index contributed by atoms with van der Waals surface area (Å²) >= 11 is 0. The SMILES string of the molecule is COC(=O)c1ccc(CNC2CCCCC2C(F)(F)F)[nH]1. The van der Waals surface area contributed by atoms with Crippen LogP contribution in [0.4, 0.5) is 13.2 Å². The number of aromatic nitrogens is 1. The smallest absolute Gasteiger partial charge is 0.393 e. The molecule has 2 unspecified atom stereocenters. The fourth-order valence-electron chi connectivity index (χ4n) is 2.78. The summed E-state index contributed by atoms with van der Waals surface area (Å²) in [6, 6.07) is 2.67. The highest BCUT2D eigenvalue weighted by atomic mass is 19.4. The molecule has 2 rings (SSSR count). The molecule has 7 heteroatoms. The maximum Gasteiger partial charge on any atom is 0.393 e. The van der Waals surface area contributed by atoms with Gasteiger partial charge in [0.25, 0.3) is 0 Å². The lowest BCUT2D eigenvalue weighted by Crippen LogP contribution is -2.45. The number of nitrogens with one attached hydrogen (secondary N) is 2. The zero-order chi connectivity index (χ0) is 15.5. The molecule has 1 fully saturated rings. The zero-order valence-electron chi connectivity index (χ0n) is 11.8. The Hall–Kier alpha value is -1.50. The van der Waals surface area contributed by atoms with Gasteiger partial charge in [-0.15, -0.1) is 0 Å². The number of halogens is 3. The maximum atomic E-state index is 13.0. The summed E-state index contributed by atoms with van der Waals surface area (Å²) in [6.45, 7) is 0.272. The molecule has 2 N–H and O–H groups in total. The second-order valence-corrected chi connectivity index (χ2v) is 5.31. The van der Waals surface area contributed by atoms with E-state index < -0.39 is 24.1 Å². The summed E-state index contributed by atoms with van der Waals surface area (Å²) in [5.41, 5.74) is 0.965. The molecule has 21 heavy (non-hydrogen) atoms. The van der Waals surface area contributed by atoms with Gasteiger partial charge in [0.2, 0.25) is 0 Å². The molecule has 2 atom stereocenters. The summed E-state index contributed by atoms with van der Waals surface area (Å²) in [5, 5.41) is 2.96. The third-order valence-corrected chi connectivity index (χ3v) is 3.89. The number of methoxy groups -OCH3 is 1. The van der Waals surface area contributed by atoms with Gasteiger partial charge in [0, 0.05) is 18.3 Å². The van der Waals surface area contributed by atoms with E-state index in [0.29, 0.717) is 24.2 Å². The molecule has 0 spiro atoms. The molecule has 1 saturated carbocycles. The minimum Gasteiger partial charge on any atom is -0.464 e. The molecule has 0 saturated heterocycles. The number of carbonyl (C=O) groups is 1. The molecule has 0 aromatic carbocycles. The number of H-pyrrole nitrogens is 1. The van der Waals surface area contributed by atoms with Crippen LogP contribution in [0.5, 0.6) is 0 Å². The van der Waals surface area contributed by atoms with Gasteiger partial charge in [-0.3, -0.25) is 0 Å². The highest BCUT2D eigenvalue weighted by Gasteiger charge is 2.45. The number of ether oxygens (including phenoxy) is 1. The van der Waals surface area contributed by atoms with Crippen molar-refractivity contribution in [3.05, 3.63) is 23.5 Å². The van der Waals surface area contributed by atoms with Crippen molar-refractivity contribution in [1.29, 1.82) is 0 Å². The van der Waals surface area contributed by atoms with E-state index in [9.17, 15) is 18.0 Å². The number of esters is 1. The van der Waals surface area contributed by atoms with Crippen molar-refractivity contribution in [1.82, 2.24) is 10.3 Å². The predicted molar refractivity (Wildman–Crippen MR) is 70.8 cm³/mol. The van der Waals surface area contributed by atoms with E-state index in [1.165, 1.54) is 7.11 Å². The lowest BCUT2D eigenvalue weighted by Gasteiger charge is -2.33. The molecular weight excluding hydrogens is 285 g/mol. The van der Waals surface area contributed by atoms with Gasteiger partial charge in [-0.1, -0.05) is 12.8 Å². The largest absolute Gasteiger partial charge is 0.464 e. The number of aromatic amines is 1. The van der Waals surface area contributed by atoms with E-state index in [-0.39, 0.29) is 13.0 Å². The Morgan fingerprint density at radius 3 is 2.76 bits per heavy atom. The van der Waals surface area contributed by atoms with Crippen LogP contribution in [0.25, 0.3) is 0 Å². The average Bonchev–Trinajstić information content (AvgIpc) is 2.92. The highest BCUT2D eigenvalue weighted by Crippen LogP contribution is 2.37. The van der Waals surface area contributed by atoms with E-state index in [0.717, 1.165) is 6.42 Å². The summed E-state index contributed by atoms with van der Waals surface area (Å²) in [7, 11) is 1.27. The average molecular weight is 304 g/mol. The second kappa shape index (κ2) is 6.51. The Morgan fingerprint density at radius 1 is 1.38 bits per heavy atom. The van der Waals surface area contributed by atoms with E-state index in [1.807, 2.05) is 0 Å². The maximum absolute atomic E-state index is 13.0. The number of carbonyl (C=O) groups excluding carboxylic acids is 1. The standard InChI is InChI=1S/C14H19F3N2O2/c1-21-13(20)12-7-6-9(19-12)8-18-11-5-3-2-4-10(11)14(15,16)17/h6-7,10-11,18-19H,2-5,8H2,1H3. The first-order valence-electron chi connectivity index (χ1n) is 6.98. The Kier molecular flexibility index (Phi) is 4.92. The van der Waals surface area contributed by atoms with Crippen LogP contribution in [0, 0.1) is 5.92 Å². The monoisotopic (exact) mass is 304 g/mol. The lowest BCUT2D eigenvalue weighted by molar-refractivity contribution is -0.189. The van der Waals surface area contributed by atoms with Gasteiger partial charge in [0.15, 0.2) is 0 Å². The fourth-order valence-corrected chi connectivity index (χ4v) is 2.78. The first-order chi connectivity index (χ1) is 9.91. The van der Waals surface area contributed by atoms with Crippen LogP contribution in [0.3, 0.4) is 0 Å². The predicted octanol–water partition coefficient (Wildman–Crippen LogP) is 3.01. The van der Waals surface area contributed by atoms with Gasteiger partial charge in [0.1, 0.15) is 5.69 Å². The molecule has 118 valence electrons. The molecule has 4 nitrogen and oxygen atoms in total. The summed E-state index contributed by atoms with van der Waals surface area (Å²) in [4.78, 5) is 14.1. The van der Waals surface area contributed by atoms with Gasteiger partial charge >= 0.3 is 12.1 Å². The number of hydrogen-bond donors (Lipinski definition) is 2. The number of hydrogen-bond acceptors (Lipinski definition) is 3. The van der Waals surface area contributed by atoms with Crippen molar-refractivity contribution in [3.8, 4) is 0 Å². The zero-order valence-corrected chi connectivity index (χ0v) is 11.8. The van der Waals surface area contributed by atoms with Crippen molar-refractivity contribution >= 4 is 5.97 Å². The molecule has 0 radical (unpaired) electrons. The van der Waals surface area contributed by atoms with Gasteiger partial charge in [-0.25, -0.2) is 4.79 Å². The van der Waals surface area contributed by atoms with E-state index in [2.05, 4.69) is 15.0 Å². The summed E-state index contributed by atoms with van der Waals surface area (Å²) in [6.07, 6.45) is -2.03. The lowest BCUT2D eigenvalue weighted by atomic mass is 9.84. The Bertz CT molecular complexity index is 485. The Morgan fingerprint density at radius 2 is 2.10 bits per heavy atom. The summed E-state index contributed by atoms with van der Waals surface area (Å²) in [5.74, 6) is -1.78. The van der Waals surface area contributed by atoms with E-state index >= 15 is 0 Å². The molecule has 1 aliphatic rings. The third kappa shape index (κ3) is 4.00. The van der Waals surface area contributed by atoms with Crippen molar-refractivity contribution in [2.75, 3.05) is 7.11 Å². The molecular formula is C14H19F3N2O2. The quantitative estimate of drug-likeness (QED) is 0.841. The highest BCUT2D eigenvalue weighted by molar-refractivity contribution is 5.87. The molecule has 1 aromatic rings. The van der Waals surface area contributed by atoms with Crippen molar-refractivity contribution in [2.24, 2.45) is 5.92 Å². The molecule has 1 aliphatic carbocycles. The number of alkyl halides is 3. The van der Waals surface area contributed by atoms with Crippen LogP contribution in [0.1, 0.15) is 41.9 Å². The van der Waals surface area contributed by atoms with Gasteiger partial charge in [-0.2, -0.15) is 13.2 Å². The minimum atomic E-state index is -4.16. The van der Waals surface area contributed by atoms with Crippen LogP contribution in [-0.4, -0.2) is 30.3 Å². The first kappa shape index (κ1) is 15.9. The van der Waals surface area contributed by atoms with Gasteiger partial charge in [-0.05, 0) is 25.0 Å². The van der Waals surface area contributed by atoms with Crippen LogP contribution < -0.4 is 5.32 Å². The topological polar surface area (TPSA) is 54.1 Å². The van der Waals surface area contributed by atoms with E-state index in [1.54, 1.807) is 12.1 Å². The fraction of sp³-hybridized carbons (Fsp3) is 0.643.